The van der Waals surface area contributed by atoms with Crippen molar-refractivity contribution in [2.75, 3.05) is 6.61 Å². The zero-order chi connectivity index (χ0) is 14.7. The van der Waals surface area contributed by atoms with E-state index >= 15 is 0 Å². The van der Waals surface area contributed by atoms with Crippen molar-refractivity contribution in [3.05, 3.63) is 46.2 Å². The Morgan fingerprint density at radius 2 is 2.30 bits per heavy atom. The number of hydrogen-bond acceptors (Lipinski definition) is 4. The predicted octanol–water partition coefficient (Wildman–Crippen LogP) is 2.45. The van der Waals surface area contributed by atoms with E-state index in [2.05, 4.69) is 21.0 Å². The summed E-state index contributed by atoms with van der Waals surface area (Å²) in [5, 5.41) is 4.15. The molecule has 0 aliphatic carbocycles. The van der Waals surface area contributed by atoms with Crippen molar-refractivity contribution in [3.8, 4) is 5.69 Å². The number of aromatic nitrogens is 2. The number of hydrogen-bond donors (Lipinski definition) is 1. The molecule has 1 aromatic heterocycles. The maximum Gasteiger partial charge on any atom is 0.341 e. The van der Waals surface area contributed by atoms with Crippen molar-refractivity contribution in [3.63, 3.8) is 0 Å². The second-order valence-electron chi connectivity index (χ2n) is 3.92. The summed E-state index contributed by atoms with van der Waals surface area (Å²) < 4.78 is 7.34. The standard InChI is InChI=1S/C13H12BrN3O2S/c1-2-19-13(18)8-6-16-17(7-8)11-4-3-9(14)5-10(11)12(15)20/h3-7H,2H2,1H3,(H2,15,20). The average molecular weight is 354 g/mol. The van der Waals surface area contributed by atoms with Crippen LogP contribution in [0.4, 0.5) is 0 Å². The number of nitrogens with two attached hydrogens (primary N) is 1. The van der Waals surface area contributed by atoms with Crippen LogP contribution in [0.25, 0.3) is 5.69 Å². The van der Waals surface area contributed by atoms with Crippen LogP contribution in [-0.2, 0) is 4.74 Å². The molecule has 1 aromatic carbocycles. The molecule has 20 heavy (non-hydrogen) atoms. The highest BCUT2D eigenvalue weighted by atomic mass is 79.9. The molecular formula is C13H12BrN3O2S. The molecule has 0 amide bonds. The molecule has 0 atom stereocenters. The summed E-state index contributed by atoms with van der Waals surface area (Å²) in [6.45, 7) is 2.07. The predicted molar refractivity (Wildman–Crippen MR) is 83.1 cm³/mol. The molecule has 0 unspecified atom stereocenters. The molecule has 104 valence electrons. The molecule has 0 saturated heterocycles. The summed E-state index contributed by atoms with van der Waals surface area (Å²) in [7, 11) is 0. The fraction of sp³-hybridized carbons (Fsp3) is 0.154. The van der Waals surface area contributed by atoms with Crippen LogP contribution >= 0.6 is 28.1 Å². The molecule has 0 saturated carbocycles. The van der Waals surface area contributed by atoms with Crippen LogP contribution in [0.3, 0.4) is 0 Å². The van der Waals surface area contributed by atoms with E-state index in [1.54, 1.807) is 17.8 Å². The molecule has 5 nitrogen and oxygen atoms in total. The Morgan fingerprint density at radius 3 is 2.95 bits per heavy atom. The summed E-state index contributed by atoms with van der Waals surface area (Å²) in [5.74, 6) is -0.410. The number of thiocarbonyl (C=S) groups is 1. The Hall–Kier alpha value is -1.73. The highest BCUT2D eigenvalue weighted by Crippen LogP contribution is 2.20. The van der Waals surface area contributed by atoms with Crippen molar-refractivity contribution in [1.82, 2.24) is 9.78 Å². The van der Waals surface area contributed by atoms with Gasteiger partial charge in [-0.1, -0.05) is 28.1 Å². The third-order valence-electron chi connectivity index (χ3n) is 2.56. The lowest BCUT2D eigenvalue weighted by atomic mass is 10.2. The molecule has 2 rings (SSSR count). The van der Waals surface area contributed by atoms with E-state index in [1.165, 1.54) is 6.20 Å². The van der Waals surface area contributed by atoms with Gasteiger partial charge in [0, 0.05) is 16.2 Å². The van der Waals surface area contributed by atoms with Gasteiger partial charge < -0.3 is 10.5 Å². The molecule has 0 aliphatic heterocycles. The van der Waals surface area contributed by atoms with E-state index in [9.17, 15) is 4.79 Å². The molecule has 7 heteroatoms. The topological polar surface area (TPSA) is 70.1 Å². The van der Waals surface area contributed by atoms with E-state index in [0.717, 1.165) is 4.47 Å². The highest BCUT2D eigenvalue weighted by Gasteiger charge is 2.13. The van der Waals surface area contributed by atoms with E-state index in [0.29, 0.717) is 23.4 Å². The largest absolute Gasteiger partial charge is 0.462 e. The fourth-order valence-electron chi connectivity index (χ4n) is 1.68. The van der Waals surface area contributed by atoms with Crippen LogP contribution in [0.1, 0.15) is 22.8 Å². The van der Waals surface area contributed by atoms with Crippen LogP contribution in [-0.4, -0.2) is 27.3 Å². The van der Waals surface area contributed by atoms with E-state index in [1.807, 2.05) is 18.2 Å². The number of halogens is 1. The maximum absolute atomic E-state index is 11.6. The molecule has 0 aliphatic rings. The monoisotopic (exact) mass is 353 g/mol. The molecule has 0 radical (unpaired) electrons. The Morgan fingerprint density at radius 1 is 1.55 bits per heavy atom. The number of rotatable bonds is 4. The molecule has 0 fully saturated rings. The number of esters is 1. The molecule has 2 N–H and O–H groups in total. The summed E-state index contributed by atoms with van der Waals surface area (Å²) in [6.07, 6.45) is 3.03. The average Bonchev–Trinajstić information content (AvgIpc) is 2.88. The summed E-state index contributed by atoms with van der Waals surface area (Å²) in [5.41, 5.74) is 7.47. The van der Waals surface area contributed by atoms with Crippen LogP contribution in [0.15, 0.2) is 35.1 Å². The van der Waals surface area contributed by atoms with Gasteiger partial charge in [-0.05, 0) is 25.1 Å². The third-order valence-corrected chi connectivity index (χ3v) is 3.28. The minimum atomic E-state index is -0.410. The van der Waals surface area contributed by atoms with Crippen LogP contribution < -0.4 is 5.73 Å². The van der Waals surface area contributed by atoms with Gasteiger partial charge in [-0.25, -0.2) is 9.48 Å². The second-order valence-corrected chi connectivity index (χ2v) is 5.28. The lowest BCUT2D eigenvalue weighted by molar-refractivity contribution is 0.0526. The molecule has 0 bridgehead atoms. The summed E-state index contributed by atoms with van der Waals surface area (Å²) >= 11 is 8.40. The first-order chi connectivity index (χ1) is 9.52. The molecular weight excluding hydrogens is 342 g/mol. The number of benzene rings is 1. The first-order valence-corrected chi connectivity index (χ1v) is 7.04. The molecule has 2 aromatic rings. The normalized spacial score (nSPS) is 10.3. The highest BCUT2D eigenvalue weighted by molar-refractivity contribution is 9.10. The Bertz CT molecular complexity index is 669. The number of ether oxygens (including phenoxy) is 1. The smallest absolute Gasteiger partial charge is 0.341 e. The van der Waals surface area contributed by atoms with Crippen LogP contribution in [0, 0.1) is 0 Å². The van der Waals surface area contributed by atoms with Crippen LogP contribution in [0.2, 0.25) is 0 Å². The zero-order valence-corrected chi connectivity index (χ0v) is 13.1. The minimum absolute atomic E-state index is 0.259. The first kappa shape index (κ1) is 14.7. The van der Waals surface area contributed by atoms with Gasteiger partial charge >= 0.3 is 5.97 Å². The van der Waals surface area contributed by atoms with Crippen molar-refractivity contribution < 1.29 is 9.53 Å². The van der Waals surface area contributed by atoms with Crippen molar-refractivity contribution in [2.24, 2.45) is 5.73 Å². The Labute approximate surface area is 129 Å². The maximum atomic E-state index is 11.6. The molecule has 1 heterocycles. The van der Waals surface area contributed by atoms with Crippen molar-refractivity contribution in [2.45, 2.75) is 6.92 Å². The van der Waals surface area contributed by atoms with Gasteiger partial charge in [0.25, 0.3) is 0 Å². The van der Waals surface area contributed by atoms with Gasteiger partial charge in [-0.2, -0.15) is 5.10 Å². The van der Waals surface area contributed by atoms with E-state index in [4.69, 9.17) is 22.7 Å². The van der Waals surface area contributed by atoms with Gasteiger partial charge in [0.1, 0.15) is 4.99 Å². The Balaban J connectivity index is 2.42. The van der Waals surface area contributed by atoms with Gasteiger partial charge in [0.05, 0.1) is 24.1 Å². The van der Waals surface area contributed by atoms with Gasteiger partial charge in [-0.3, -0.25) is 0 Å². The van der Waals surface area contributed by atoms with Crippen molar-refractivity contribution >= 4 is 39.1 Å². The first-order valence-electron chi connectivity index (χ1n) is 5.84. The van der Waals surface area contributed by atoms with E-state index in [-0.39, 0.29) is 4.99 Å². The molecule has 0 spiro atoms. The summed E-state index contributed by atoms with van der Waals surface area (Å²) in [6, 6.07) is 5.48. The van der Waals surface area contributed by atoms with Crippen molar-refractivity contribution in [1.29, 1.82) is 0 Å². The number of nitrogens with zero attached hydrogens (tertiary/aromatic N) is 2. The van der Waals surface area contributed by atoms with E-state index < -0.39 is 5.97 Å². The summed E-state index contributed by atoms with van der Waals surface area (Å²) in [4.78, 5) is 11.9. The SMILES string of the molecule is CCOC(=O)c1cnn(-c2ccc(Br)cc2C(N)=S)c1. The van der Waals surface area contributed by atoms with Gasteiger partial charge in [0.15, 0.2) is 0 Å². The number of carbonyl (C=O) groups excluding carboxylic acids is 1. The Kier molecular flexibility index (Phi) is 4.51. The van der Waals surface area contributed by atoms with Gasteiger partial charge in [0.2, 0.25) is 0 Å². The number of carbonyl (C=O) groups is 1. The second kappa shape index (κ2) is 6.15. The lowest BCUT2D eigenvalue weighted by Gasteiger charge is -2.08. The zero-order valence-electron chi connectivity index (χ0n) is 10.7. The quantitative estimate of drug-likeness (QED) is 0.675. The van der Waals surface area contributed by atoms with Crippen LogP contribution in [0.5, 0.6) is 0 Å². The van der Waals surface area contributed by atoms with Gasteiger partial charge in [-0.15, -0.1) is 0 Å². The lowest BCUT2D eigenvalue weighted by Crippen LogP contribution is -2.13. The minimum Gasteiger partial charge on any atom is -0.462 e. The fourth-order valence-corrected chi connectivity index (χ4v) is 2.20. The third kappa shape index (κ3) is 3.05.